The SMILES string of the molecule is Cc1noc(CN2CCCC2Cn2nc(-c3ccncc3)ccc2=O)n1. The molecule has 1 unspecified atom stereocenters. The minimum atomic E-state index is -0.0942. The Bertz CT molecular complexity index is 936. The molecule has 1 aliphatic rings. The Labute approximate surface area is 150 Å². The van der Waals surface area contributed by atoms with Gasteiger partial charge in [0.1, 0.15) is 0 Å². The fourth-order valence-electron chi connectivity index (χ4n) is 3.34. The number of aryl methyl sites for hydroxylation is 1. The van der Waals surface area contributed by atoms with Gasteiger partial charge in [0.15, 0.2) is 5.82 Å². The molecule has 0 radical (unpaired) electrons. The molecular formula is C18H20N6O2. The lowest BCUT2D eigenvalue weighted by Crippen LogP contribution is -2.36. The van der Waals surface area contributed by atoms with Crippen LogP contribution >= 0.6 is 0 Å². The molecule has 1 atom stereocenters. The van der Waals surface area contributed by atoms with Gasteiger partial charge in [0.05, 0.1) is 18.8 Å². The van der Waals surface area contributed by atoms with Gasteiger partial charge in [0, 0.05) is 30.1 Å². The van der Waals surface area contributed by atoms with Gasteiger partial charge in [-0.25, -0.2) is 4.68 Å². The summed E-state index contributed by atoms with van der Waals surface area (Å²) in [5, 5.41) is 8.39. The van der Waals surface area contributed by atoms with E-state index in [9.17, 15) is 4.79 Å². The van der Waals surface area contributed by atoms with Crippen molar-refractivity contribution in [2.45, 2.75) is 38.9 Å². The van der Waals surface area contributed by atoms with Crippen molar-refractivity contribution in [2.24, 2.45) is 0 Å². The second kappa shape index (κ2) is 7.17. The molecule has 0 bridgehead atoms. The summed E-state index contributed by atoms with van der Waals surface area (Å²) in [7, 11) is 0. The number of hydrogen-bond acceptors (Lipinski definition) is 7. The number of aromatic nitrogens is 5. The lowest BCUT2D eigenvalue weighted by atomic mass is 10.2. The summed E-state index contributed by atoms with van der Waals surface area (Å²) in [6.45, 7) is 3.91. The summed E-state index contributed by atoms with van der Waals surface area (Å²) < 4.78 is 6.79. The third-order valence-electron chi connectivity index (χ3n) is 4.63. The average Bonchev–Trinajstić information content (AvgIpc) is 3.27. The van der Waals surface area contributed by atoms with Gasteiger partial charge >= 0.3 is 0 Å². The van der Waals surface area contributed by atoms with Crippen molar-refractivity contribution in [1.82, 2.24) is 29.8 Å². The van der Waals surface area contributed by atoms with E-state index in [1.807, 2.05) is 19.1 Å². The van der Waals surface area contributed by atoms with Gasteiger partial charge in [-0.2, -0.15) is 10.1 Å². The van der Waals surface area contributed by atoms with Crippen LogP contribution in [-0.4, -0.2) is 42.4 Å². The quantitative estimate of drug-likeness (QED) is 0.690. The van der Waals surface area contributed by atoms with Gasteiger partial charge in [0.2, 0.25) is 5.89 Å². The second-order valence-electron chi connectivity index (χ2n) is 6.48. The zero-order chi connectivity index (χ0) is 17.9. The van der Waals surface area contributed by atoms with E-state index in [1.165, 1.54) is 0 Å². The van der Waals surface area contributed by atoms with E-state index in [4.69, 9.17) is 4.52 Å². The molecule has 0 aliphatic carbocycles. The predicted octanol–water partition coefficient (Wildman–Crippen LogP) is 1.66. The first kappa shape index (κ1) is 16.6. The van der Waals surface area contributed by atoms with Crippen LogP contribution in [0.15, 0.2) is 46.0 Å². The Balaban J connectivity index is 1.53. The molecular weight excluding hydrogens is 332 g/mol. The molecule has 1 aliphatic heterocycles. The van der Waals surface area contributed by atoms with Crippen LogP contribution in [0, 0.1) is 6.92 Å². The predicted molar refractivity (Wildman–Crippen MR) is 94.2 cm³/mol. The highest BCUT2D eigenvalue weighted by Crippen LogP contribution is 2.21. The number of rotatable bonds is 5. The van der Waals surface area contributed by atoms with Crippen LogP contribution in [0.2, 0.25) is 0 Å². The van der Waals surface area contributed by atoms with Crippen molar-refractivity contribution >= 4 is 0 Å². The monoisotopic (exact) mass is 352 g/mol. The van der Waals surface area contributed by atoms with Gasteiger partial charge < -0.3 is 4.52 Å². The molecule has 4 heterocycles. The molecule has 0 N–H and O–H groups in total. The zero-order valence-electron chi connectivity index (χ0n) is 14.6. The van der Waals surface area contributed by atoms with Crippen LogP contribution < -0.4 is 5.56 Å². The maximum atomic E-state index is 12.3. The van der Waals surface area contributed by atoms with Crippen molar-refractivity contribution in [3.8, 4) is 11.3 Å². The van der Waals surface area contributed by atoms with Crippen molar-refractivity contribution in [1.29, 1.82) is 0 Å². The molecule has 3 aromatic rings. The van der Waals surface area contributed by atoms with Gasteiger partial charge in [-0.15, -0.1) is 0 Å². The van der Waals surface area contributed by atoms with E-state index in [1.54, 1.807) is 29.2 Å². The molecule has 0 amide bonds. The third kappa shape index (κ3) is 3.55. The third-order valence-corrected chi connectivity index (χ3v) is 4.63. The molecule has 0 spiro atoms. The molecule has 4 rings (SSSR count). The maximum Gasteiger partial charge on any atom is 0.266 e. The van der Waals surface area contributed by atoms with Crippen LogP contribution in [0.1, 0.15) is 24.6 Å². The highest BCUT2D eigenvalue weighted by molar-refractivity contribution is 5.56. The smallest absolute Gasteiger partial charge is 0.266 e. The van der Waals surface area contributed by atoms with E-state index < -0.39 is 0 Å². The first-order valence-corrected chi connectivity index (χ1v) is 8.71. The number of nitrogens with zero attached hydrogens (tertiary/aromatic N) is 6. The van der Waals surface area contributed by atoms with Crippen LogP contribution in [-0.2, 0) is 13.1 Å². The Morgan fingerprint density at radius 2 is 2.08 bits per heavy atom. The molecule has 134 valence electrons. The molecule has 8 nitrogen and oxygen atoms in total. The number of likely N-dealkylation sites (tertiary alicyclic amines) is 1. The lowest BCUT2D eigenvalue weighted by molar-refractivity contribution is 0.190. The first-order valence-electron chi connectivity index (χ1n) is 8.71. The Morgan fingerprint density at radius 3 is 2.85 bits per heavy atom. The Kier molecular flexibility index (Phi) is 4.57. The molecule has 0 saturated carbocycles. The van der Waals surface area contributed by atoms with Crippen LogP contribution in [0.25, 0.3) is 11.3 Å². The second-order valence-corrected chi connectivity index (χ2v) is 6.48. The highest BCUT2D eigenvalue weighted by Gasteiger charge is 2.27. The largest absolute Gasteiger partial charge is 0.338 e. The molecule has 1 fully saturated rings. The normalized spacial score (nSPS) is 17.7. The maximum absolute atomic E-state index is 12.3. The van der Waals surface area contributed by atoms with E-state index >= 15 is 0 Å². The Morgan fingerprint density at radius 1 is 1.23 bits per heavy atom. The molecule has 8 heteroatoms. The standard InChI is InChI=1S/C18H20N6O2/c1-13-20-17(26-22-13)12-23-10-2-3-15(23)11-24-18(25)5-4-16(21-24)14-6-8-19-9-7-14/h4-9,15H,2-3,10-12H2,1H3. The van der Waals surface area contributed by atoms with Crippen LogP contribution in [0.3, 0.4) is 0 Å². The minimum absolute atomic E-state index is 0.0942. The lowest BCUT2D eigenvalue weighted by Gasteiger charge is -2.23. The van der Waals surface area contributed by atoms with E-state index in [0.29, 0.717) is 24.8 Å². The highest BCUT2D eigenvalue weighted by atomic mass is 16.5. The molecule has 3 aromatic heterocycles. The van der Waals surface area contributed by atoms with E-state index in [0.717, 1.165) is 30.6 Å². The summed E-state index contributed by atoms with van der Waals surface area (Å²) in [6, 6.07) is 7.32. The van der Waals surface area contributed by atoms with Crippen LogP contribution in [0.4, 0.5) is 0 Å². The van der Waals surface area contributed by atoms with Crippen molar-refractivity contribution in [2.75, 3.05) is 6.54 Å². The van der Waals surface area contributed by atoms with Gasteiger partial charge in [-0.05, 0) is 44.5 Å². The summed E-state index contributed by atoms with van der Waals surface area (Å²) in [5.74, 6) is 1.25. The summed E-state index contributed by atoms with van der Waals surface area (Å²) >= 11 is 0. The number of pyridine rings is 1. The van der Waals surface area contributed by atoms with Gasteiger partial charge in [-0.3, -0.25) is 14.7 Å². The van der Waals surface area contributed by atoms with Crippen molar-refractivity contribution in [3.05, 3.63) is 58.7 Å². The van der Waals surface area contributed by atoms with E-state index in [-0.39, 0.29) is 11.6 Å². The molecule has 1 saturated heterocycles. The van der Waals surface area contributed by atoms with Crippen molar-refractivity contribution in [3.63, 3.8) is 0 Å². The van der Waals surface area contributed by atoms with Gasteiger partial charge in [-0.1, -0.05) is 5.16 Å². The topological polar surface area (TPSA) is 89.9 Å². The number of hydrogen-bond donors (Lipinski definition) is 0. The molecule has 0 aromatic carbocycles. The fraction of sp³-hybridized carbons (Fsp3) is 0.389. The average molecular weight is 352 g/mol. The van der Waals surface area contributed by atoms with Gasteiger partial charge in [0.25, 0.3) is 5.56 Å². The summed E-state index contributed by atoms with van der Waals surface area (Å²) in [4.78, 5) is 22.9. The molecule has 26 heavy (non-hydrogen) atoms. The summed E-state index contributed by atoms with van der Waals surface area (Å²) in [5.41, 5.74) is 1.62. The zero-order valence-corrected chi connectivity index (χ0v) is 14.6. The summed E-state index contributed by atoms with van der Waals surface area (Å²) in [6.07, 6.45) is 5.53. The Hall–Kier alpha value is -2.87. The van der Waals surface area contributed by atoms with E-state index in [2.05, 4.69) is 25.1 Å². The minimum Gasteiger partial charge on any atom is -0.338 e. The van der Waals surface area contributed by atoms with Crippen LogP contribution in [0.5, 0.6) is 0 Å². The first-order chi connectivity index (χ1) is 12.7. The fourth-order valence-corrected chi connectivity index (χ4v) is 3.34. The van der Waals surface area contributed by atoms with Crippen molar-refractivity contribution < 1.29 is 4.52 Å².